The van der Waals surface area contributed by atoms with Crippen molar-refractivity contribution in [2.75, 3.05) is 36.4 Å². The molecule has 2 aliphatic rings. The van der Waals surface area contributed by atoms with Crippen LogP contribution in [0, 0.1) is 0 Å². The van der Waals surface area contributed by atoms with E-state index in [0.717, 1.165) is 38.0 Å². The van der Waals surface area contributed by atoms with Gasteiger partial charge < -0.3 is 19.9 Å². The number of carbonyl (C=O) groups excluding carboxylic acids is 3. The molecule has 2 aliphatic heterocycles. The molecule has 4 rings (SSSR count). The Morgan fingerprint density at radius 1 is 1.00 bits per heavy atom. The lowest BCUT2D eigenvalue weighted by Crippen LogP contribution is -2.52. The zero-order valence-corrected chi connectivity index (χ0v) is 17.7. The third-order valence-corrected chi connectivity index (χ3v) is 5.72. The van der Waals surface area contributed by atoms with Crippen molar-refractivity contribution in [2.45, 2.75) is 32.3 Å². The molecule has 1 atom stereocenters. The number of carbonyl (C=O) groups is 3. The first kappa shape index (κ1) is 20.9. The molecule has 2 aromatic carbocycles. The summed E-state index contributed by atoms with van der Waals surface area (Å²) in [5.74, 6) is 0.206. The van der Waals surface area contributed by atoms with Gasteiger partial charge in [0.15, 0.2) is 11.9 Å². The zero-order valence-electron chi connectivity index (χ0n) is 17.7. The Morgan fingerprint density at radius 2 is 1.71 bits per heavy atom. The van der Waals surface area contributed by atoms with E-state index in [1.54, 1.807) is 24.3 Å². The summed E-state index contributed by atoms with van der Waals surface area (Å²) in [6.07, 6.45) is 2.52. The number of fused-ring (bicyclic) bond motifs is 1. The lowest BCUT2D eigenvalue weighted by Gasteiger charge is -2.38. The van der Waals surface area contributed by atoms with Gasteiger partial charge in [-0.3, -0.25) is 14.4 Å². The number of anilines is 2. The van der Waals surface area contributed by atoms with Crippen molar-refractivity contribution < 1.29 is 19.1 Å². The topological polar surface area (TPSA) is 79.0 Å². The van der Waals surface area contributed by atoms with Crippen molar-refractivity contribution in [3.8, 4) is 5.75 Å². The molecule has 1 fully saturated rings. The van der Waals surface area contributed by atoms with E-state index in [4.69, 9.17) is 4.74 Å². The molecule has 0 unspecified atom stereocenters. The molecule has 0 aliphatic carbocycles. The summed E-state index contributed by atoms with van der Waals surface area (Å²) in [7, 11) is 0. The maximum atomic E-state index is 13.0. The van der Waals surface area contributed by atoms with Gasteiger partial charge >= 0.3 is 0 Å². The smallest absolute Gasteiger partial charge is 0.265 e. The van der Waals surface area contributed by atoms with E-state index in [0.29, 0.717) is 23.5 Å². The molecule has 2 heterocycles. The number of hydrogen-bond donors (Lipinski definition) is 1. The molecule has 162 valence electrons. The number of benzene rings is 2. The number of likely N-dealkylation sites (tertiary alicyclic amines) is 1. The number of Topliss-reactive ketones (excluding diaryl/α,β-unsaturated/α-hetero) is 1. The summed E-state index contributed by atoms with van der Waals surface area (Å²) in [5.41, 5.74) is 1.74. The first-order chi connectivity index (χ1) is 15.0. The van der Waals surface area contributed by atoms with E-state index in [9.17, 15) is 14.4 Å². The third-order valence-electron chi connectivity index (χ3n) is 5.72. The second-order valence-electron chi connectivity index (χ2n) is 7.99. The molecular formula is C24H27N3O4. The van der Waals surface area contributed by atoms with Crippen molar-refractivity contribution in [1.29, 1.82) is 0 Å². The maximum Gasteiger partial charge on any atom is 0.265 e. The van der Waals surface area contributed by atoms with E-state index in [-0.39, 0.29) is 24.1 Å². The highest BCUT2D eigenvalue weighted by molar-refractivity contribution is 6.04. The van der Waals surface area contributed by atoms with E-state index in [1.165, 1.54) is 6.92 Å². The first-order valence-corrected chi connectivity index (χ1v) is 10.7. The average molecular weight is 421 g/mol. The quantitative estimate of drug-likeness (QED) is 0.751. The molecule has 2 amide bonds. The monoisotopic (exact) mass is 421 g/mol. The first-order valence-electron chi connectivity index (χ1n) is 10.7. The number of nitrogens with one attached hydrogen (secondary N) is 1. The Morgan fingerprint density at radius 3 is 2.48 bits per heavy atom. The molecule has 31 heavy (non-hydrogen) atoms. The standard InChI is InChI=1S/C24H27N3O4/c1-17(28)18-9-3-4-10-19(18)25-23(29)16-27-15-22(24(30)26-13-7-2-8-14-26)31-21-12-6-5-11-20(21)27/h3-6,9-12,22H,2,7-8,13-16H2,1H3,(H,25,29)/t22-/m0/s1. The highest BCUT2D eigenvalue weighted by Crippen LogP contribution is 2.33. The fourth-order valence-electron chi connectivity index (χ4n) is 4.17. The van der Waals surface area contributed by atoms with Crippen molar-refractivity contribution >= 4 is 29.0 Å². The fourth-order valence-corrected chi connectivity index (χ4v) is 4.17. The summed E-state index contributed by atoms with van der Waals surface area (Å²) < 4.78 is 6.02. The molecule has 0 spiro atoms. The number of piperidine rings is 1. The van der Waals surface area contributed by atoms with Gasteiger partial charge in [-0.25, -0.2) is 0 Å². The van der Waals surface area contributed by atoms with Gasteiger partial charge in [0, 0.05) is 18.7 Å². The molecule has 0 bridgehead atoms. The molecular weight excluding hydrogens is 394 g/mol. The predicted octanol–water partition coefficient (Wildman–Crippen LogP) is 3.11. The van der Waals surface area contributed by atoms with Crippen LogP contribution in [0.3, 0.4) is 0 Å². The lowest BCUT2D eigenvalue weighted by molar-refractivity contribution is -0.139. The Bertz CT molecular complexity index is 984. The van der Waals surface area contributed by atoms with Crippen LogP contribution in [0.2, 0.25) is 0 Å². The third kappa shape index (κ3) is 4.71. The Balaban J connectivity index is 1.50. The minimum absolute atomic E-state index is 0.0264. The van der Waals surface area contributed by atoms with Crippen molar-refractivity contribution in [3.05, 3.63) is 54.1 Å². The van der Waals surface area contributed by atoms with Crippen LogP contribution < -0.4 is 15.0 Å². The van der Waals surface area contributed by atoms with Crippen molar-refractivity contribution in [2.24, 2.45) is 0 Å². The van der Waals surface area contributed by atoms with Crippen LogP contribution in [0.25, 0.3) is 0 Å². The second kappa shape index (κ2) is 9.20. The van der Waals surface area contributed by atoms with Gasteiger partial charge in [-0.1, -0.05) is 24.3 Å². The van der Waals surface area contributed by atoms with Crippen LogP contribution >= 0.6 is 0 Å². The number of rotatable bonds is 5. The van der Waals surface area contributed by atoms with Gasteiger partial charge in [0.2, 0.25) is 5.91 Å². The molecule has 0 aromatic heterocycles. The van der Waals surface area contributed by atoms with Crippen LogP contribution in [0.4, 0.5) is 11.4 Å². The average Bonchev–Trinajstić information content (AvgIpc) is 2.79. The second-order valence-corrected chi connectivity index (χ2v) is 7.99. The number of nitrogens with zero attached hydrogens (tertiary/aromatic N) is 2. The minimum Gasteiger partial charge on any atom is -0.477 e. The molecule has 2 aromatic rings. The van der Waals surface area contributed by atoms with Gasteiger partial charge in [-0.15, -0.1) is 0 Å². The van der Waals surface area contributed by atoms with Crippen LogP contribution in [-0.2, 0) is 9.59 Å². The van der Waals surface area contributed by atoms with Gasteiger partial charge in [-0.05, 0) is 50.5 Å². The maximum absolute atomic E-state index is 13.0. The predicted molar refractivity (Wildman–Crippen MR) is 119 cm³/mol. The summed E-state index contributed by atoms with van der Waals surface area (Å²) in [5, 5.41) is 2.84. The van der Waals surface area contributed by atoms with Crippen LogP contribution in [-0.4, -0.2) is 54.8 Å². The molecule has 1 saturated heterocycles. The van der Waals surface area contributed by atoms with E-state index in [2.05, 4.69) is 5.32 Å². The number of ether oxygens (including phenoxy) is 1. The van der Waals surface area contributed by atoms with Gasteiger partial charge in [-0.2, -0.15) is 0 Å². The number of amides is 2. The molecule has 1 N–H and O–H groups in total. The summed E-state index contributed by atoms with van der Waals surface area (Å²) >= 11 is 0. The summed E-state index contributed by atoms with van der Waals surface area (Å²) in [4.78, 5) is 41.5. The highest BCUT2D eigenvalue weighted by atomic mass is 16.5. The van der Waals surface area contributed by atoms with Gasteiger partial charge in [0.05, 0.1) is 24.5 Å². The molecule has 0 saturated carbocycles. The van der Waals surface area contributed by atoms with Crippen LogP contribution in [0.5, 0.6) is 5.75 Å². The largest absolute Gasteiger partial charge is 0.477 e. The van der Waals surface area contributed by atoms with E-state index >= 15 is 0 Å². The number of hydrogen-bond acceptors (Lipinski definition) is 5. The molecule has 7 nitrogen and oxygen atoms in total. The number of para-hydroxylation sites is 3. The van der Waals surface area contributed by atoms with Crippen molar-refractivity contribution in [3.63, 3.8) is 0 Å². The molecule has 7 heteroatoms. The highest BCUT2D eigenvalue weighted by Gasteiger charge is 2.34. The normalized spacial score (nSPS) is 18.0. The Hall–Kier alpha value is -3.35. The van der Waals surface area contributed by atoms with Crippen molar-refractivity contribution in [1.82, 2.24) is 4.90 Å². The van der Waals surface area contributed by atoms with Crippen LogP contribution in [0.15, 0.2) is 48.5 Å². The fraction of sp³-hybridized carbons (Fsp3) is 0.375. The number of ketones is 1. The minimum atomic E-state index is -0.648. The zero-order chi connectivity index (χ0) is 21.8. The SMILES string of the molecule is CC(=O)c1ccccc1NC(=O)CN1C[C@@H](C(=O)N2CCCCC2)Oc2ccccc21. The van der Waals surface area contributed by atoms with E-state index < -0.39 is 6.10 Å². The lowest BCUT2D eigenvalue weighted by atomic mass is 10.1. The van der Waals surface area contributed by atoms with Crippen LogP contribution in [0.1, 0.15) is 36.5 Å². The Labute approximate surface area is 182 Å². The van der Waals surface area contributed by atoms with Gasteiger partial charge in [0.1, 0.15) is 5.75 Å². The summed E-state index contributed by atoms with van der Waals surface area (Å²) in [6, 6.07) is 14.4. The Kier molecular flexibility index (Phi) is 6.21. The van der Waals surface area contributed by atoms with Gasteiger partial charge in [0.25, 0.3) is 5.91 Å². The summed E-state index contributed by atoms with van der Waals surface area (Å²) in [6.45, 7) is 3.33. The molecule has 0 radical (unpaired) electrons. The van der Waals surface area contributed by atoms with E-state index in [1.807, 2.05) is 34.1 Å².